The average molecular weight is 341 g/mol. The molecule has 0 bridgehead atoms. The smallest absolute Gasteiger partial charge is 0.315 e. The lowest BCUT2D eigenvalue weighted by Crippen LogP contribution is -2.43. The third-order valence-corrected chi connectivity index (χ3v) is 4.15. The maximum Gasteiger partial charge on any atom is 0.315 e. The van der Waals surface area contributed by atoms with Gasteiger partial charge in [0.15, 0.2) is 0 Å². The van der Waals surface area contributed by atoms with E-state index in [9.17, 15) is 14.0 Å². The molecule has 5 nitrogen and oxygen atoms in total. The first kappa shape index (κ1) is 17.0. The summed E-state index contributed by atoms with van der Waals surface area (Å²) in [4.78, 5) is 25.6. The number of aryl methyl sites for hydroxylation is 1. The number of hydrogen-bond donors (Lipinski definition) is 2. The zero-order valence-corrected chi connectivity index (χ0v) is 14.0. The Bertz CT molecular complexity index is 776. The molecule has 2 N–H and O–H groups in total. The summed E-state index contributed by atoms with van der Waals surface area (Å²) in [5, 5.41) is 5.58. The van der Waals surface area contributed by atoms with Gasteiger partial charge in [0.1, 0.15) is 5.82 Å². The van der Waals surface area contributed by atoms with Gasteiger partial charge in [-0.2, -0.15) is 0 Å². The quantitative estimate of drug-likeness (QED) is 0.898. The Hall–Kier alpha value is -2.89. The monoisotopic (exact) mass is 341 g/mol. The van der Waals surface area contributed by atoms with Crippen LogP contribution in [0.1, 0.15) is 17.5 Å². The SMILES string of the molecule is Cc1ccc(CNC(=O)N[C@H]2CC(=O)N(c3cccc(F)c3)C2)cc1. The third-order valence-electron chi connectivity index (χ3n) is 4.15. The van der Waals surface area contributed by atoms with Crippen LogP contribution in [0.4, 0.5) is 14.9 Å². The minimum Gasteiger partial charge on any atom is -0.334 e. The Labute approximate surface area is 145 Å². The van der Waals surface area contributed by atoms with Crippen LogP contribution in [-0.2, 0) is 11.3 Å². The van der Waals surface area contributed by atoms with Gasteiger partial charge in [-0.15, -0.1) is 0 Å². The summed E-state index contributed by atoms with van der Waals surface area (Å²) in [6, 6.07) is 13.2. The van der Waals surface area contributed by atoms with Crippen LogP contribution in [0, 0.1) is 12.7 Å². The summed E-state index contributed by atoms with van der Waals surface area (Å²) in [6.45, 7) is 2.76. The van der Waals surface area contributed by atoms with Gasteiger partial charge in [-0.25, -0.2) is 9.18 Å². The average Bonchev–Trinajstić information content (AvgIpc) is 2.94. The Morgan fingerprint density at radius 1 is 1.24 bits per heavy atom. The van der Waals surface area contributed by atoms with E-state index in [1.165, 1.54) is 17.0 Å². The lowest BCUT2D eigenvalue weighted by atomic mass is 10.1. The molecule has 3 rings (SSSR count). The van der Waals surface area contributed by atoms with E-state index in [4.69, 9.17) is 0 Å². The fraction of sp³-hybridized carbons (Fsp3) is 0.263. The van der Waals surface area contributed by atoms with E-state index in [-0.39, 0.29) is 24.4 Å². The predicted molar refractivity (Wildman–Crippen MR) is 93.7 cm³/mol. The highest BCUT2D eigenvalue weighted by Gasteiger charge is 2.31. The van der Waals surface area contributed by atoms with Crippen LogP contribution in [0.25, 0.3) is 0 Å². The Morgan fingerprint density at radius 2 is 2.00 bits per heavy atom. The predicted octanol–water partition coefficient (Wildman–Crippen LogP) is 2.74. The number of rotatable bonds is 4. The molecule has 1 atom stereocenters. The molecule has 1 aliphatic rings. The summed E-state index contributed by atoms with van der Waals surface area (Å²) < 4.78 is 13.3. The largest absolute Gasteiger partial charge is 0.334 e. The minimum absolute atomic E-state index is 0.130. The number of hydrogen-bond acceptors (Lipinski definition) is 2. The van der Waals surface area contributed by atoms with E-state index in [2.05, 4.69) is 10.6 Å². The van der Waals surface area contributed by atoms with Gasteiger partial charge in [0.05, 0.1) is 6.04 Å². The number of halogens is 1. The van der Waals surface area contributed by atoms with E-state index in [1.54, 1.807) is 12.1 Å². The second kappa shape index (κ2) is 7.34. The molecule has 0 aromatic heterocycles. The summed E-state index contributed by atoms with van der Waals surface area (Å²) in [6.07, 6.45) is 0.203. The van der Waals surface area contributed by atoms with Crippen molar-refractivity contribution in [2.45, 2.75) is 25.9 Å². The van der Waals surface area contributed by atoms with Crippen LogP contribution in [0.5, 0.6) is 0 Å². The number of nitrogens with one attached hydrogen (secondary N) is 2. The van der Waals surface area contributed by atoms with Crippen molar-refractivity contribution in [3.63, 3.8) is 0 Å². The number of urea groups is 1. The van der Waals surface area contributed by atoms with Crippen molar-refractivity contribution in [3.8, 4) is 0 Å². The summed E-state index contributed by atoms with van der Waals surface area (Å²) in [5.74, 6) is -0.521. The molecule has 3 amide bonds. The van der Waals surface area contributed by atoms with E-state index >= 15 is 0 Å². The molecule has 1 fully saturated rings. The molecular formula is C19H20FN3O2. The van der Waals surface area contributed by atoms with Gasteiger partial charge in [-0.05, 0) is 30.7 Å². The van der Waals surface area contributed by atoms with Crippen LogP contribution >= 0.6 is 0 Å². The summed E-state index contributed by atoms with van der Waals surface area (Å²) >= 11 is 0. The second-order valence-corrected chi connectivity index (χ2v) is 6.20. The zero-order valence-electron chi connectivity index (χ0n) is 14.0. The van der Waals surface area contributed by atoms with Crippen molar-refractivity contribution in [1.82, 2.24) is 10.6 Å². The third kappa shape index (κ3) is 4.35. The van der Waals surface area contributed by atoms with Crippen molar-refractivity contribution in [2.75, 3.05) is 11.4 Å². The lowest BCUT2D eigenvalue weighted by Gasteiger charge is -2.17. The molecule has 1 saturated heterocycles. The number of carbonyl (C=O) groups is 2. The van der Waals surface area contributed by atoms with Crippen LogP contribution in [0.3, 0.4) is 0 Å². The fourth-order valence-electron chi connectivity index (χ4n) is 2.82. The molecule has 0 radical (unpaired) electrons. The van der Waals surface area contributed by atoms with Crippen molar-refractivity contribution in [3.05, 3.63) is 65.5 Å². The van der Waals surface area contributed by atoms with Crippen molar-refractivity contribution >= 4 is 17.6 Å². The van der Waals surface area contributed by atoms with Gasteiger partial charge in [-0.3, -0.25) is 4.79 Å². The Morgan fingerprint density at radius 3 is 2.72 bits per heavy atom. The van der Waals surface area contributed by atoms with E-state index in [1.807, 2.05) is 31.2 Å². The minimum atomic E-state index is -0.391. The molecule has 130 valence electrons. The Balaban J connectivity index is 1.52. The van der Waals surface area contributed by atoms with Crippen molar-refractivity contribution in [2.24, 2.45) is 0 Å². The lowest BCUT2D eigenvalue weighted by molar-refractivity contribution is -0.117. The first-order valence-electron chi connectivity index (χ1n) is 8.17. The molecule has 0 aliphatic carbocycles. The highest BCUT2D eigenvalue weighted by atomic mass is 19.1. The van der Waals surface area contributed by atoms with Crippen LogP contribution in [-0.4, -0.2) is 24.5 Å². The highest BCUT2D eigenvalue weighted by Crippen LogP contribution is 2.22. The number of anilines is 1. The molecule has 2 aromatic carbocycles. The molecule has 2 aromatic rings. The van der Waals surface area contributed by atoms with Gasteiger partial charge in [0.25, 0.3) is 0 Å². The molecule has 0 spiro atoms. The summed E-state index contributed by atoms with van der Waals surface area (Å²) in [7, 11) is 0. The van der Waals surface area contributed by atoms with E-state index in [0.29, 0.717) is 18.8 Å². The first-order valence-corrected chi connectivity index (χ1v) is 8.17. The van der Waals surface area contributed by atoms with Gasteiger partial charge in [-0.1, -0.05) is 35.9 Å². The maximum atomic E-state index is 13.3. The standard InChI is InChI=1S/C19H20FN3O2/c1-13-5-7-14(8-6-13)11-21-19(25)22-16-10-18(24)23(12-16)17-4-2-3-15(20)9-17/h2-9,16H,10-12H2,1H3,(H2,21,22,25)/t16-/m0/s1. The van der Waals surface area contributed by atoms with Crippen molar-refractivity contribution in [1.29, 1.82) is 0 Å². The van der Waals surface area contributed by atoms with Crippen LogP contribution in [0.15, 0.2) is 48.5 Å². The molecule has 6 heteroatoms. The van der Waals surface area contributed by atoms with Gasteiger partial charge >= 0.3 is 6.03 Å². The van der Waals surface area contributed by atoms with Crippen LogP contribution < -0.4 is 15.5 Å². The van der Waals surface area contributed by atoms with Gasteiger partial charge in [0.2, 0.25) is 5.91 Å². The molecule has 1 heterocycles. The normalized spacial score (nSPS) is 16.8. The second-order valence-electron chi connectivity index (χ2n) is 6.20. The molecule has 1 aliphatic heterocycles. The van der Waals surface area contributed by atoms with Crippen molar-refractivity contribution < 1.29 is 14.0 Å². The van der Waals surface area contributed by atoms with Crippen LogP contribution in [0.2, 0.25) is 0 Å². The number of nitrogens with zero attached hydrogens (tertiary/aromatic N) is 1. The number of amides is 3. The zero-order chi connectivity index (χ0) is 17.8. The summed E-state index contributed by atoms with van der Waals surface area (Å²) in [5.41, 5.74) is 2.68. The van der Waals surface area contributed by atoms with E-state index < -0.39 is 5.82 Å². The van der Waals surface area contributed by atoms with Gasteiger partial charge in [0, 0.05) is 25.2 Å². The molecular weight excluding hydrogens is 321 g/mol. The number of benzene rings is 2. The topological polar surface area (TPSA) is 61.4 Å². The molecule has 0 saturated carbocycles. The maximum absolute atomic E-state index is 13.3. The Kier molecular flexibility index (Phi) is 4.97. The number of carbonyl (C=O) groups excluding carboxylic acids is 2. The highest BCUT2D eigenvalue weighted by molar-refractivity contribution is 5.96. The first-order chi connectivity index (χ1) is 12.0. The molecule has 0 unspecified atom stereocenters. The fourth-order valence-corrected chi connectivity index (χ4v) is 2.82. The van der Waals surface area contributed by atoms with Gasteiger partial charge < -0.3 is 15.5 Å². The van der Waals surface area contributed by atoms with E-state index in [0.717, 1.165) is 11.1 Å². The molecule has 25 heavy (non-hydrogen) atoms.